The summed E-state index contributed by atoms with van der Waals surface area (Å²) in [7, 11) is 1.80. The fraction of sp³-hybridized carbons (Fsp3) is 0.500. The highest BCUT2D eigenvalue weighted by molar-refractivity contribution is 7.80. The van der Waals surface area contributed by atoms with Gasteiger partial charge in [0.15, 0.2) is 0 Å². The Kier molecular flexibility index (Phi) is 5.22. The molecule has 2 rings (SSSR count). The molecule has 1 aromatic carbocycles. The molecule has 114 valence electrons. The normalized spacial score (nSPS) is 17.2. The Morgan fingerprint density at radius 2 is 2.05 bits per heavy atom. The molecule has 21 heavy (non-hydrogen) atoms. The quantitative estimate of drug-likeness (QED) is 0.862. The van der Waals surface area contributed by atoms with Crippen LogP contribution in [-0.4, -0.2) is 22.8 Å². The molecule has 5 heteroatoms. The number of rotatable bonds is 4. The monoisotopic (exact) mass is 324 g/mol. The minimum Gasteiger partial charge on any atom is -0.392 e. The molecule has 0 saturated heterocycles. The maximum atomic E-state index is 12.9. The van der Waals surface area contributed by atoms with E-state index in [1.54, 1.807) is 11.9 Å². The number of thiocarbonyl (C=S) groups is 1. The van der Waals surface area contributed by atoms with Gasteiger partial charge in [-0.2, -0.15) is 0 Å². The standard InChI is InChI=1S/C16H21ClN2OS/c1-19(11-12-6-5-7-13(17)10-12)15(20)16(14(18)21)8-3-2-4-9-16/h5-7,10H,2-4,8-9,11H2,1H3,(H2,18,21). The fourth-order valence-corrected chi connectivity index (χ4v) is 3.57. The molecule has 0 radical (unpaired) electrons. The highest BCUT2D eigenvalue weighted by Crippen LogP contribution is 2.38. The number of nitrogens with zero attached hydrogens (tertiary/aromatic N) is 1. The van der Waals surface area contributed by atoms with Gasteiger partial charge in [0, 0.05) is 18.6 Å². The summed E-state index contributed by atoms with van der Waals surface area (Å²) in [6.45, 7) is 0.518. The summed E-state index contributed by atoms with van der Waals surface area (Å²) < 4.78 is 0. The first-order valence-corrected chi connectivity index (χ1v) is 8.04. The topological polar surface area (TPSA) is 46.3 Å². The van der Waals surface area contributed by atoms with Crippen LogP contribution in [0.25, 0.3) is 0 Å². The van der Waals surface area contributed by atoms with Crippen molar-refractivity contribution >= 4 is 34.7 Å². The predicted molar refractivity (Wildman–Crippen MR) is 90.2 cm³/mol. The maximum Gasteiger partial charge on any atom is 0.235 e. The van der Waals surface area contributed by atoms with E-state index in [2.05, 4.69) is 0 Å². The first kappa shape index (κ1) is 16.2. The SMILES string of the molecule is CN(Cc1cccc(Cl)c1)C(=O)C1(C(N)=S)CCCCC1. The summed E-state index contributed by atoms with van der Waals surface area (Å²) in [5.41, 5.74) is 6.28. The molecule has 1 amide bonds. The van der Waals surface area contributed by atoms with E-state index in [1.807, 2.05) is 24.3 Å². The molecule has 1 saturated carbocycles. The number of carbonyl (C=O) groups excluding carboxylic acids is 1. The van der Waals surface area contributed by atoms with Crippen LogP contribution in [0, 0.1) is 5.41 Å². The highest BCUT2D eigenvalue weighted by atomic mass is 35.5. The van der Waals surface area contributed by atoms with Crippen molar-refractivity contribution in [2.75, 3.05) is 7.05 Å². The smallest absolute Gasteiger partial charge is 0.235 e. The van der Waals surface area contributed by atoms with Gasteiger partial charge in [-0.05, 0) is 30.5 Å². The molecular formula is C16H21ClN2OS. The van der Waals surface area contributed by atoms with Crippen molar-refractivity contribution in [2.24, 2.45) is 11.1 Å². The van der Waals surface area contributed by atoms with Gasteiger partial charge < -0.3 is 10.6 Å². The average molecular weight is 325 g/mol. The molecule has 0 heterocycles. The van der Waals surface area contributed by atoms with Crippen LogP contribution in [0.4, 0.5) is 0 Å². The van der Waals surface area contributed by atoms with Crippen LogP contribution in [0.3, 0.4) is 0 Å². The molecule has 1 fully saturated rings. The summed E-state index contributed by atoms with van der Waals surface area (Å²) in [5.74, 6) is 0.0367. The van der Waals surface area contributed by atoms with Gasteiger partial charge in [-0.25, -0.2) is 0 Å². The lowest BCUT2D eigenvalue weighted by molar-refractivity contribution is -0.138. The van der Waals surface area contributed by atoms with Gasteiger partial charge in [-0.1, -0.05) is 55.2 Å². The van der Waals surface area contributed by atoms with Gasteiger partial charge in [-0.15, -0.1) is 0 Å². The van der Waals surface area contributed by atoms with Gasteiger partial charge in [0.1, 0.15) is 0 Å². The summed E-state index contributed by atoms with van der Waals surface area (Å²) in [5, 5.41) is 0.676. The van der Waals surface area contributed by atoms with Crippen molar-refractivity contribution in [1.29, 1.82) is 0 Å². The predicted octanol–water partition coefficient (Wildman–Crippen LogP) is 3.54. The second kappa shape index (κ2) is 6.75. The number of hydrogen-bond donors (Lipinski definition) is 1. The lowest BCUT2D eigenvalue weighted by atomic mass is 9.73. The van der Waals surface area contributed by atoms with Crippen molar-refractivity contribution in [3.8, 4) is 0 Å². The number of halogens is 1. The van der Waals surface area contributed by atoms with Crippen molar-refractivity contribution < 1.29 is 4.79 Å². The fourth-order valence-electron chi connectivity index (χ4n) is 3.07. The first-order valence-electron chi connectivity index (χ1n) is 7.25. The number of benzene rings is 1. The lowest BCUT2D eigenvalue weighted by Gasteiger charge is -2.37. The first-order chi connectivity index (χ1) is 9.95. The molecule has 0 aliphatic heterocycles. The third-order valence-corrected chi connectivity index (χ3v) is 4.87. The summed E-state index contributed by atoms with van der Waals surface area (Å²) in [6, 6.07) is 7.55. The largest absolute Gasteiger partial charge is 0.392 e. The van der Waals surface area contributed by atoms with Crippen molar-refractivity contribution in [2.45, 2.75) is 38.6 Å². The third kappa shape index (κ3) is 3.55. The Labute approximate surface area is 136 Å². The minimum absolute atomic E-state index is 0.0367. The zero-order valence-corrected chi connectivity index (χ0v) is 13.8. The van der Waals surface area contributed by atoms with E-state index in [-0.39, 0.29) is 5.91 Å². The average Bonchev–Trinajstić information content (AvgIpc) is 2.47. The zero-order chi connectivity index (χ0) is 15.5. The van der Waals surface area contributed by atoms with Gasteiger partial charge >= 0.3 is 0 Å². The maximum absolute atomic E-state index is 12.9. The van der Waals surface area contributed by atoms with Crippen LogP contribution < -0.4 is 5.73 Å². The molecule has 0 aromatic heterocycles. The van der Waals surface area contributed by atoms with Crippen molar-refractivity contribution in [3.63, 3.8) is 0 Å². The van der Waals surface area contributed by atoms with Gasteiger partial charge in [0.05, 0.1) is 10.4 Å². The highest BCUT2D eigenvalue weighted by Gasteiger charge is 2.43. The lowest BCUT2D eigenvalue weighted by Crippen LogP contribution is -2.50. The van der Waals surface area contributed by atoms with Crippen LogP contribution >= 0.6 is 23.8 Å². The second-order valence-corrected chi connectivity index (χ2v) is 6.67. The van der Waals surface area contributed by atoms with Crippen LogP contribution in [0.15, 0.2) is 24.3 Å². The number of carbonyl (C=O) groups is 1. The molecule has 1 aliphatic carbocycles. The summed E-state index contributed by atoms with van der Waals surface area (Å²) >= 11 is 11.2. The molecule has 0 unspecified atom stereocenters. The van der Waals surface area contributed by atoms with E-state index in [4.69, 9.17) is 29.6 Å². The van der Waals surface area contributed by atoms with Crippen molar-refractivity contribution in [3.05, 3.63) is 34.9 Å². The third-order valence-electron chi connectivity index (χ3n) is 4.24. The molecule has 0 spiro atoms. The molecule has 1 aromatic rings. The van der Waals surface area contributed by atoms with E-state index in [9.17, 15) is 4.79 Å². The van der Waals surface area contributed by atoms with Gasteiger partial charge in [0.25, 0.3) is 0 Å². The summed E-state index contributed by atoms with van der Waals surface area (Å²) in [4.78, 5) is 14.9. The Morgan fingerprint density at radius 1 is 1.38 bits per heavy atom. The van der Waals surface area contributed by atoms with E-state index in [1.165, 1.54) is 0 Å². The molecule has 2 N–H and O–H groups in total. The molecule has 1 aliphatic rings. The Balaban J connectivity index is 2.15. The van der Waals surface area contributed by atoms with Crippen LogP contribution in [0.5, 0.6) is 0 Å². The van der Waals surface area contributed by atoms with Crippen molar-refractivity contribution in [1.82, 2.24) is 4.90 Å². The van der Waals surface area contributed by atoms with Crippen LogP contribution in [-0.2, 0) is 11.3 Å². The van der Waals surface area contributed by atoms with E-state index < -0.39 is 5.41 Å². The van der Waals surface area contributed by atoms with Gasteiger partial charge in [-0.3, -0.25) is 4.79 Å². The number of amides is 1. The van der Waals surface area contributed by atoms with Crippen LogP contribution in [0.2, 0.25) is 5.02 Å². The number of nitrogens with two attached hydrogens (primary N) is 1. The molecular weight excluding hydrogens is 304 g/mol. The van der Waals surface area contributed by atoms with Gasteiger partial charge in [0.2, 0.25) is 5.91 Å². The Hall–Kier alpha value is -1.13. The molecule has 0 bridgehead atoms. The zero-order valence-electron chi connectivity index (χ0n) is 12.3. The summed E-state index contributed by atoms with van der Waals surface area (Å²) in [6.07, 6.45) is 4.69. The molecule has 3 nitrogen and oxygen atoms in total. The van der Waals surface area contributed by atoms with E-state index in [0.29, 0.717) is 16.6 Å². The Morgan fingerprint density at radius 3 is 2.62 bits per heavy atom. The Bertz CT molecular complexity index is 541. The van der Waals surface area contributed by atoms with E-state index in [0.717, 1.165) is 37.7 Å². The molecule has 0 atom stereocenters. The minimum atomic E-state index is -0.652. The van der Waals surface area contributed by atoms with E-state index >= 15 is 0 Å². The van der Waals surface area contributed by atoms with Crippen LogP contribution in [0.1, 0.15) is 37.7 Å². The number of hydrogen-bond acceptors (Lipinski definition) is 2. The second-order valence-electron chi connectivity index (χ2n) is 5.80.